The van der Waals surface area contributed by atoms with E-state index >= 15 is 0 Å². The molecule has 0 aromatic carbocycles. The van der Waals surface area contributed by atoms with Gasteiger partial charge < -0.3 is 10.0 Å². The molecule has 2 heteroatoms. The molecule has 2 unspecified atom stereocenters. The largest absolute Gasteiger partial charge is 0.390 e. The maximum atomic E-state index is 10.6. The first kappa shape index (κ1) is 10.1. The van der Waals surface area contributed by atoms with E-state index in [0.717, 1.165) is 31.7 Å². The van der Waals surface area contributed by atoms with Gasteiger partial charge in [-0.15, -0.1) is 0 Å². The average molecular weight is 209 g/mol. The van der Waals surface area contributed by atoms with Gasteiger partial charge in [-0.25, -0.2) is 0 Å². The molecule has 3 fully saturated rings. The summed E-state index contributed by atoms with van der Waals surface area (Å²) in [5, 5.41) is 10.6. The number of piperidine rings is 1. The van der Waals surface area contributed by atoms with Crippen molar-refractivity contribution in [3.63, 3.8) is 0 Å². The second-order valence-electron chi connectivity index (χ2n) is 5.99. The summed E-state index contributed by atoms with van der Waals surface area (Å²) in [5.74, 6) is 0.968. The van der Waals surface area contributed by atoms with Gasteiger partial charge in [0.1, 0.15) is 0 Å². The van der Waals surface area contributed by atoms with Crippen LogP contribution in [0.15, 0.2) is 0 Å². The molecule has 1 N–H and O–H groups in total. The Balaban J connectivity index is 1.55. The minimum atomic E-state index is -0.298. The molecule has 2 nitrogen and oxygen atoms in total. The van der Waals surface area contributed by atoms with E-state index in [1.165, 1.54) is 38.6 Å². The maximum Gasteiger partial charge on any atom is 0.0675 e. The van der Waals surface area contributed by atoms with Crippen LogP contribution in [0.1, 0.15) is 51.4 Å². The van der Waals surface area contributed by atoms with Crippen molar-refractivity contribution < 1.29 is 5.11 Å². The standard InChI is InChI=1S/C13H23NO/c15-13(6-5-11-3-4-11)7-9-14-8-1-2-12(14)10-13/h11-12,15H,1-10H2. The Bertz CT molecular complexity index is 239. The first-order chi connectivity index (χ1) is 7.25. The van der Waals surface area contributed by atoms with E-state index < -0.39 is 0 Å². The Morgan fingerprint density at radius 1 is 1.20 bits per heavy atom. The highest BCUT2D eigenvalue weighted by molar-refractivity contribution is 4.95. The normalized spacial score (nSPS) is 41.8. The second kappa shape index (κ2) is 3.74. The molecular formula is C13H23NO. The van der Waals surface area contributed by atoms with E-state index in [9.17, 15) is 5.11 Å². The van der Waals surface area contributed by atoms with Crippen LogP contribution in [-0.4, -0.2) is 34.7 Å². The highest BCUT2D eigenvalue weighted by atomic mass is 16.3. The highest BCUT2D eigenvalue weighted by Gasteiger charge is 2.40. The Morgan fingerprint density at radius 2 is 2.07 bits per heavy atom. The molecule has 1 saturated carbocycles. The van der Waals surface area contributed by atoms with Gasteiger partial charge in [-0.3, -0.25) is 0 Å². The Morgan fingerprint density at radius 3 is 2.87 bits per heavy atom. The molecule has 0 bridgehead atoms. The van der Waals surface area contributed by atoms with Gasteiger partial charge in [-0.2, -0.15) is 0 Å². The summed E-state index contributed by atoms with van der Waals surface area (Å²) < 4.78 is 0. The molecule has 0 spiro atoms. The van der Waals surface area contributed by atoms with Gasteiger partial charge in [0.25, 0.3) is 0 Å². The molecule has 2 heterocycles. The SMILES string of the molecule is OC1(CCC2CC2)CCN2CCCC2C1. The molecule has 86 valence electrons. The van der Waals surface area contributed by atoms with Crippen molar-refractivity contribution in [2.75, 3.05) is 13.1 Å². The van der Waals surface area contributed by atoms with E-state index in [-0.39, 0.29) is 5.60 Å². The molecule has 0 radical (unpaired) electrons. The van der Waals surface area contributed by atoms with Gasteiger partial charge in [0.2, 0.25) is 0 Å². The van der Waals surface area contributed by atoms with Crippen molar-refractivity contribution in [2.45, 2.75) is 63.0 Å². The average Bonchev–Trinajstić information content (AvgIpc) is 2.94. The number of hydrogen-bond acceptors (Lipinski definition) is 2. The fourth-order valence-electron chi connectivity index (χ4n) is 3.42. The molecule has 3 aliphatic rings. The molecule has 15 heavy (non-hydrogen) atoms. The molecule has 1 aliphatic carbocycles. The molecule has 2 aliphatic heterocycles. The lowest BCUT2D eigenvalue weighted by atomic mass is 9.82. The maximum absolute atomic E-state index is 10.6. The van der Waals surface area contributed by atoms with E-state index in [1.807, 2.05) is 0 Å². The monoisotopic (exact) mass is 209 g/mol. The lowest BCUT2D eigenvalue weighted by Gasteiger charge is -2.41. The number of fused-ring (bicyclic) bond motifs is 1. The Labute approximate surface area is 92.7 Å². The van der Waals surface area contributed by atoms with Crippen molar-refractivity contribution in [3.05, 3.63) is 0 Å². The quantitative estimate of drug-likeness (QED) is 0.770. The summed E-state index contributed by atoms with van der Waals surface area (Å²) in [6.45, 7) is 2.43. The zero-order valence-electron chi connectivity index (χ0n) is 9.62. The summed E-state index contributed by atoms with van der Waals surface area (Å²) in [4.78, 5) is 2.59. The molecular weight excluding hydrogens is 186 g/mol. The van der Waals surface area contributed by atoms with Crippen LogP contribution in [0.4, 0.5) is 0 Å². The van der Waals surface area contributed by atoms with E-state index in [2.05, 4.69) is 4.90 Å². The van der Waals surface area contributed by atoms with Crippen LogP contribution in [0.25, 0.3) is 0 Å². The Hall–Kier alpha value is -0.0800. The minimum absolute atomic E-state index is 0.298. The number of hydrogen-bond donors (Lipinski definition) is 1. The van der Waals surface area contributed by atoms with Gasteiger partial charge in [-0.1, -0.05) is 12.8 Å². The van der Waals surface area contributed by atoms with Crippen molar-refractivity contribution >= 4 is 0 Å². The summed E-state index contributed by atoms with van der Waals surface area (Å²) in [7, 11) is 0. The third-order valence-corrected chi connectivity index (χ3v) is 4.69. The molecule has 0 aromatic heterocycles. The van der Waals surface area contributed by atoms with Crippen LogP contribution < -0.4 is 0 Å². The predicted octanol–water partition coefficient (Wildman–Crippen LogP) is 2.17. The molecule has 0 aromatic rings. The molecule has 2 atom stereocenters. The third-order valence-electron chi connectivity index (χ3n) is 4.69. The van der Waals surface area contributed by atoms with Gasteiger partial charge >= 0.3 is 0 Å². The highest BCUT2D eigenvalue weighted by Crippen LogP contribution is 2.40. The van der Waals surface area contributed by atoms with Crippen LogP contribution in [0, 0.1) is 5.92 Å². The van der Waals surface area contributed by atoms with Gasteiger partial charge in [0.05, 0.1) is 5.60 Å². The first-order valence-corrected chi connectivity index (χ1v) is 6.72. The summed E-state index contributed by atoms with van der Waals surface area (Å²) in [5.41, 5.74) is -0.298. The smallest absolute Gasteiger partial charge is 0.0675 e. The fraction of sp³-hybridized carbons (Fsp3) is 1.00. The summed E-state index contributed by atoms with van der Waals surface area (Å²) >= 11 is 0. The summed E-state index contributed by atoms with van der Waals surface area (Å²) in [6.07, 6.45) is 9.95. The number of rotatable bonds is 3. The second-order valence-corrected chi connectivity index (χ2v) is 5.99. The summed E-state index contributed by atoms with van der Waals surface area (Å²) in [6, 6.07) is 0.711. The number of aliphatic hydroxyl groups is 1. The molecule has 3 rings (SSSR count). The van der Waals surface area contributed by atoms with Crippen LogP contribution in [-0.2, 0) is 0 Å². The van der Waals surface area contributed by atoms with E-state index in [0.29, 0.717) is 6.04 Å². The van der Waals surface area contributed by atoms with Crippen LogP contribution in [0.2, 0.25) is 0 Å². The van der Waals surface area contributed by atoms with Crippen LogP contribution in [0.3, 0.4) is 0 Å². The third kappa shape index (κ3) is 2.21. The van der Waals surface area contributed by atoms with Crippen LogP contribution in [0.5, 0.6) is 0 Å². The lowest BCUT2D eigenvalue weighted by molar-refractivity contribution is -0.0439. The van der Waals surface area contributed by atoms with Crippen LogP contribution >= 0.6 is 0 Å². The topological polar surface area (TPSA) is 23.5 Å². The predicted molar refractivity (Wildman–Crippen MR) is 60.7 cm³/mol. The molecule has 2 saturated heterocycles. The zero-order valence-corrected chi connectivity index (χ0v) is 9.62. The van der Waals surface area contributed by atoms with E-state index in [4.69, 9.17) is 0 Å². The van der Waals surface area contributed by atoms with Crippen molar-refractivity contribution in [1.82, 2.24) is 4.90 Å². The van der Waals surface area contributed by atoms with Crippen molar-refractivity contribution in [1.29, 1.82) is 0 Å². The van der Waals surface area contributed by atoms with Crippen molar-refractivity contribution in [3.8, 4) is 0 Å². The first-order valence-electron chi connectivity index (χ1n) is 6.72. The zero-order chi connectivity index (χ0) is 10.3. The van der Waals surface area contributed by atoms with Gasteiger partial charge in [-0.05, 0) is 51.0 Å². The molecule has 0 amide bonds. The van der Waals surface area contributed by atoms with E-state index in [1.54, 1.807) is 0 Å². The fourth-order valence-corrected chi connectivity index (χ4v) is 3.42. The number of nitrogens with zero attached hydrogens (tertiary/aromatic N) is 1. The van der Waals surface area contributed by atoms with Crippen molar-refractivity contribution in [2.24, 2.45) is 5.92 Å². The van der Waals surface area contributed by atoms with Gasteiger partial charge in [0.15, 0.2) is 0 Å². The Kier molecular flexibility index (Phi) is 2.52. The lowest BCUT2D eigenvalue weighted by Crippen LogP contribution is -2.47. The van der Waals surface area contributed by atoms with Gasteiger partial charge in [0, 0.05) is 12.6 Å². The minimum Gasteiger partial charge on any atom is -0.390 e.